The van der Waals surface area contributed by atoms with E-state index in [0.29, 0.717) is 29.6 Å². The molecule has 0 aliphatic carbocycles. The van der Waals surface area contributed by atoms with Crippen molar-refractivity contribution in [2.75, 3.05) is 27.0 Å². The van der Waals surface area contributed by atoms with Crippen LogP contribution in [0.15, 0.2) is 34.5 Å². The summed E-state index contributed by atoms with van der Waals surface area (Å²) in [5, 5.41) is 13.0. The first-order valence-electron chi connectivity index (χ1n) is 9.11. The van der Waals surface area contributed by atoms with E-state index in [1.165, 1.54) is 16.1 Å². The van der Waals surface area contributed by atoms with Crippen LogP contribution in [0.1, 0.15) is 34.4 Å². The van der Waals surface area contributed by atoms with Crippen LogP contribution in [0.3, 0.4) is 0 Å². The largest absolute Gasteiger partial charge is 0.497 e. The van der Waals surface area contributed by atoms with Crippen molar-refractivity contribution in [1.82, 2.24) is 25.1 Å². The van der Waals surface area contributed by atoms with E-state index >= 15 is 0 Å². The summed E-state index contributed by atoms with van der Waals surface area (Å²) in [5.74, 6) is 1.84. The van der Waals surface area contributed by atoms with Crippen LogP contribution in [0.4, 0.5) is 0 Å². The van der Waals surface area contributed by atoms with Crippen molar-refractivity contribution in [2.24, 2.45) is 0 Å². The van der Waals surface area contributed by atoms with Crippen LogP contribution in [0.5, 0.6) is 11.5 Å². The standard InChI is InChI=1S/C19H21N5O3S2/c1-26-13-9-12(10-14(11-13)27-2)24-21-18(20-22-24)15-5-4-8-23(15)19(25)16-6-7-17(28-3)29-16/h6-7,9-11,15H,4-5,8H2,1-3H3. The fourth-order valence-corrected chi connectivity index (χ4v) is 4.84. The van der Waals surface area contributed by atoms with E-state index in [9.17, 15) is 4.79 Å². The van der Waals surface area contributed by atoms with Crippen LogP contribution in [0, 0.1) is 0 Å². The fraction of sp³-hybridized carbons (Fsp3) is 0.368. The van der Waals surface area contributed by atoms with Crippen LogP contribution >= 0.6 is 23.1 Å². The van der Waals surface area contributed by atoms with Gasteiger partial charge in [-0.2, -0.15) is 0 Å². The van der Waals surface area contributed by atoms with Crippen molar-refractivity contribution in [2.45, 2.75) is 23.1 Å². The molecule has 3 aromatic rings. The van der Waals surface area contributed by atoms with Gasteiger partial charge in [0.2, 0.25) is 0 Å². The van der Waals surface area contributed by atoms with Crippen LogP contribution in [0.2, 0.25) is 0 Å². The van der Waals surface area contributed by atoms with Gasteiger partial charge >= 0.3 is 0 Å². The molecule has 10 heteroatoms. The van der Waals surface area contributed by atoms with Crippen LogP contribution in [0.25, 0.3) is 5.69 Å². The number of benzene rings is 1. The molecule has 152 valence electrons. The Morgan fingerprint density at radius 2 is 1.97 bits per heavy atom. The summed E-state index contributed by atoms with van der Waals surface area (Å²) >= 11 is 3.16. The Balaban J connectivity index is 1.59. The zero-order chi connectivity index (χ0) is 20.4. The number of rotatable bonds is 6. The monoisotopic (exact) mass is 431 g/mol. The average Bonchev–Trinajstić information content (AvgIpc) is 3.52. The zero-order valence-corrected chi connectivity index (χ0v) is 18.0. The second-order valence-corrected chi connectivity index (χ2v) is 8.68. The lowest BCUT2D eigenvalue weighted by atomic mass is 10.2. The number of nitrogens with zero attached hydrogens (tertiary/aromatic N) is 5. The predicted octanol–water partition coefficient (Wildman–Crippen LogP) is 3.44. The van der Waals surface area contributed by atoms with Crippen molar-refractivity contribution in [3.63, 3.8) is 0 Å². The third kappa shape index (κ3) is 3.95. The van der Waals surface area contributed by atoms with E-state index in [0.717, 1.165) is 21.9 Å². The van der Waals surface area contributed by atoms with E-state index in [1.807, 2.05) is 23.3 Å². The number of carbonyl (C=O) groups excluding carboxylic acids is 1. The minimum Gasteiger partial charge on any atom is -0.497 e. The number of hydrogen-bond acceptors (Lipinski definition) is 8. The van der Waals surface area contributed by atoms with Gasteiger partial charge in [0.1, 0.15) is 11.5 Å². The van der Waals surface area contributed by atoms with Crippen molar-refractivity contribution in [1.29, 1.82) is 0 Å². The smallest absolute Gasteiger partial charge is 0.264 e. The number of methoxy groups -OCH3 is 2. The topological polar surface area (TPSA) is 82.4 Å². The number of ether oxygens (including phenoxy) is 2. The lowest BCUT2D eigenvalue weighted by Crippen LogP contribution is -2.30. The number of hydrogen-bond donors (Lipinski definition) is 0. The number of tetrazole rings is 1. The minimum atomic E-state index is -0.177. The van der Waals surface area contributed by atoms with Crippen LogP contribution in [-0.4, -0.2) is 58.0 Å². The maximum atomic E-state index is 13.0. The number of amides is 1. The van der Waals surface area contributed by atoms with E-state index in [1.54, 1.807) is 44.2 Å². The third-order valence-corrected chi connectivity index (χ3v) is 6.96. The number of aromatic nitrogens is 4. The number of carbonyl (C=O) groups is 1. The molecule has 1 aromatic carbocycles. The van der Waals surface area contributed by atoms with Gasteiger partial charge in [-0.15, -0.1) is 38.1 Å². The van der Waals surface area contributed by atoms with Crippen molar-refractivity contribution < 1.29 is 14.3 Å². The summed E-state index contributed by atoms with van der Waals surface area (Å²) in [6, 6.07) is 9.09. The maximum Gasteiger partial charge on any atom is 0.264 e. The van der Waals surface area contributed by atoms with Crippen molar-refractivity contribution in [3.05, 3.63) is 41.0 Å². The summed E-state index contributed by atoms with van der Waals surface area (Å²) in [6.45, 7) is 0.692. The second kappa shape index (κ2) is 8.42. The van der Waals surface area contributed by atoms with Crippen LogP contribution < -0.4 is 9.47 Å². The molecule has 1 fully saturated rings. The fourth-order valence-electron chi connectivity index (χ4n) is 3.34. The molecule has 1 aliphatic rings. The summed E-state index contributed by atoms with van der Waals surface area (Å²) in [4.78, 5) is 17.1. The lowest BCUT2D eigenvalue weighted by molar-refractivity contribution is 0.0734. The van der Waals surface area contributed by atoms with Gasteiger partial charge in [0, 0.05) is 24.7 Å². The van der Waals surface area contributed by atoms with E-state index in [2.05, 4.69) is 15.4 Å². The van der Waals surface area contributed by atoms with E-state index < -0.39 is 0 Å². The molecule has 3 heterocycles. The molecule has 8 nitrogen and oxygen atoms in total. The number of likely N-dealkylation sites (tertiary alicyclic amines) is 1. The molecule has 1 aliphatic heterocycles. The highest BCUT2D eigenvalue weighted by molar-refractivity contribution is 8.00. The number of thioether (sulfide) groups is 1. The minimum absolute atomic E-state index is 0.0252. The van der Waals surface area contributed by atoms with Gasteiger partial charge in [-0.3, -0.25) is 4.79 Å². The summed E-state index contributed by atoms with van der Waals surface area (Å²) < 4.78 is 11.7. The first kappa shape index (κ1) is 19.7. The van der Waals surface area contributed by atoms with Gasteiger partial charge in [0.05, 0.1) is 35.0 Å². The predicted molar refractivity (Wildman–Crippen MR) is 111 cm³/mol. The molecule has 0 N–H and O–H groups in total. The molecule has 0 spiro atoms. The Hall–Kier alpha value is -2.59. The molecular weight excluding hydrogens is 410 g/mol. The van der Waals surface area contributed by atoms with E-state index in [4.69, 9.17) is 9.47 Å². The normalized spacial score (nSPS) is 16.2. The Bertz CT molecular complexity index is 997. The maximum absolute atomic E-state index is 13.0. The zero-order valence-electron chi connectivity index (χ0n) is 16.4. The quantitative estimate of drug-likeness (QED) is 0.553. The van der Waals surface area contributed by atoms with Gasteiger partial charge in [0.15, 0.2) is 5.82 Å². The molecule has 0 saturated carbocycles. The molecule has 0 radical (unpaired) electrons. The van der Waals surface area contributed by atoms with Crippen LogP contribution in [-0.2, 0) is 0 Å². The molecule has 1 atom stereocenters. The van der Waals surface area contributed by atoms with Gasteiger partial charge in [-0.1, -0.05) is 0 Å². The van der Waals surface area contributed by atoms with Gasteiger partial charge in [0.25, 0.3) is 5.91 Å². The molecule has 2 aromatic heterocycles. The number of thiophene rings is 1. The summed E-state index contributed by atoms with van der Waals surface area (Å²) in [6.07, 6.45) is 3.74. The first-order valence-corrected chi connectivity index (χ1v) is 11.1. The SMILES string of the molecule is COc1cc(OC)cc(-n2nnc(C3CCCN3C(=O)c3ccc(SC)s3)n2)c1. The van der Waals surface area contributed by atoms with Crippen molar-refractivity contribution in [3.8, 4) is 17.2 Å². The average molecular weight is 432 g/mol. The molecule has 29 heavy (non-hydrogen) atoms. The highest BCUT2D eigenvalue weighted by Gasteiger charge is 2.34. The van der Waals surface area contributed by atoms with Gasteiger partial charge < -0.3 is 14.4 Å². The molecule has 1 saturated heterocycles. The summed E-state index contributed by atoms with van der Waals surface area (Å²) in [7, 11) is 3.18. The Labute approximate surface area is 176 Å². The van der Waals surface area contributed by atoms with Gasteiger partial charge in [-0.25, -0.2) is 0 Å². The molecular formula is C19H21N5O3S2. The van der Waals surface area contributed by atoms with Crippen molar-refractivity contribution >= 4 is 29.0 Å². The highest BCUT2D eigenvalue weighted by atomic mass is 32.2. The summed E-state index contributed by atoms with van der Waals surface area (Å²) in [5.41, 5.74) is 0.679. The Morgan fingerprint density at radius 3 is 2.62 bits per heavy atom. The van der Waals surface area contributed by atoms with Gasteiger partial charge in [-0.05, 0) is 36.4 Å². The molecule has 0 bridgehead atoms. The second-order valence-electron chi connectivity index (χ2n) is 6.49. The molecule has 1 amide bonds. The third-order valence-electron chi connectivity index (χ3n) is 4.80. The lowest BCUT2D eigenvalue weighted by Gasteiger charge is -2.21. The highest BCUT2D eigenvalue weighted by Crippen LogP contribution is 2.34. The Morgan fingerprint density at radius 1 is 1.21 bits per heavy atom. The van der Waals surface area contributed by atoms with E-state index in [-0.39, 0.29) is 11.9 Å². The molecule has 1 unspecified atom stereocenters. The Kier molecular flexibility index (Phi) is 5.72. The molecule has 4 rings (SSSR count). The first-order chi connectivity index (χ1) is 14.1.